The number of carboxylic acids is 1. The zero-order valence-electron chi connectivity index (χ0n) is 19.8. The van der Waals surface area contributed by atoms with Crippen LogP contribution in [0.15, 0.2) is 0 Å². The number of hydrogen-bond acceptors (Lipinski definition) is 2. The standard InChI is InChI=1S/C26H49NO3/c1-2-3-4-5-6-7-8-9-10-11-12-13-14-15-16-19-22-27-25(28)23-20-17-18-21-24(23)26(29)30/h23-24H,2-22H2,1H3,(H,27,28)(H,29,30)/t23-,24-/m0/s1. The highest BCUT2D eigenvalue weighted by atomic mass is 16.4. The van der Waals surface area contributed by atoms with Crippen LogP contribution in [0, 0.1) is 11.8 Å². The Balaban J connectivity index is 1.84. The molecule has 0 spiro atoms. The molecule has 1 aliphatic carbocycles. The molecule has 0 unspecified atom stereocenters. The molecule has 0 bridgehead atoms. The zero-order chi connectivity index (χ0) is 21.9. The van der Waals surface area contributed by atoms with E-state index in [9.17, 15) is 14.7 Å². The van der Waals surface area contributed by atoms with Crippen molar-refractivity contribution in [2.24, 2.45) is 11.8 Å². The van der Waals surface area contributed by atoms with Gasteiger partial charge in [-0.3, -0.25) is 9.59 Å². The van der Waals surface area contributed by atoms with Crippen LogP contribution in [0.2, 0.25) is 0 Å². The largest absolute Gasteiger partial charge is 0.481 e. The van der Waals surface area contributed by atoms with Crippen LogP contribution < -0.4 is 5.32 Å². The summed E-state index contributed by atoms with van der Waals surface area (Å²) < 4.78 is 0. The molecule has 4 nitrogen and oxygen atoms in total. The smallest absolute Gasteiger partial charge is 0.307 e. The maximum absolute atomic E-state index is 12.3. The number of hydrogen-bond donors (Lipinski definition) is 2. The summed E-state index contributed by atoms with van der Waals surface area (Å²) >= 11 is 0. The van der Waals surface area contributed by atoms with Gasteiger partial charge in [-0.05, 0) is 19.3 Å². The highest BCUT2D eigenvalue weighted by Gasteiger charge is 2.35. The third-order valence-electron chi connectivity index (χ3n) is 6.75. The van der Waals surface area contributed by atoms with Gasteiger partial charge in [-0.15, -0.1) is 0 Å². The highest BCUT2D eigenvalue weighted by Crippen LogP contribution is 2.30. The number of unbranched alkanes of at least 4 members (excludes halogenated alkanes) is 15. The van der Waals surface area contributed by atoms with E-state index in [-0.39, 0.29) is 11.8 Å². The molecule has 0 aromatic carbocycles. The van der Waals surface area contributed by atoms with Crippen LogP contribution in [0.4, 0.5) is 0 Å². The lowest BCUT2D eigenvalue weighted by Crippen LogP contribution is -2.40. The molecular formula is C26H49NO3. The van der Waals surface area contributed by atoms with Gasteiger partial charge in [0.2, 0.25) is 5.91 Å². The number of carbonyl (C=O) groups is 2. The van der Waals surface area contributed by atoms with Crippen LogP contribution in [0.5, 0.6) is 0 Å². The second-order valence-electron chi connectivity index (χ2n) is 9.43. The molecule has 0 heterocycles. The van der Waals surface area contributed by atoms with Crippen molar-refractivity contribution in [2.45, 2.75) is 135 Å². The van der Waals surface area contributed by atoms with Crippen LogP contribution in [0.25, 0.3) is 0 Å². The van der Waals surface area contributed by atoms with E-state index in [4.69, 9.17) is 0 Å². The topological polar surface area (TPSA) is 66.4 Å². The Labute approximate surface area is 186 Å². The number of aliphatic carboxylic acids is 1. The molecular weight excluding hydrogens is 374 g/mol. The van der Waals surface area contributed by atoms with Gasteiger partial charge < -0.3 is 10.4 Å². The Morgan fingerprint density at radius 1 is 0.667 bits per heavy atom. The van der Waals surface area contributed by atoms with Crippen molar-refractivity contribution in [3.8, 4) is 0 Å². The van der Waals surface area contributed by atoms with E-state index < -0.39 is 11.9 Å². The van der Waals surface area contributed by atoms with E-state index in [0.29, 0.717) is 13.0 Å². The summed E-state index contributed by atoms with van der Waals surface area (Å²) in [5, 5.41) is 12.3. The number of carbonyl (C=O) groups excluding carboxylic acids is 1. The first-order valence-corrected chi connectivity index (χ1v) is 13.2. The van der Waals surface area contributed by atoms with Crippen molar-refractivity contribution in [3.63, 3.8) is 0 Å². The van der Waals surface area contributed by atoms with Gasteiger partial charge in [0.1, 0.15) is 0 Å². The Morgan fingerprint density at radius 2 is 1.07 bits per heavy atom. The maximum atomic E-state index is 12.3. The molecule has 30 heavy (non-hydrogen) atoms. The Kier molecular flexibility index (Phi) is 16.8. The molecule has 2 N–H and O–H groups in total. The van der Waals surface area contributed by atoms with Gasteiger partial charge in [-0.2, -0.15) is 0 Å². The lowest BCUT2D eigenvalue weighted by Gasteiger charge is -2.27. The van der Waals surface area contributed by atoms with Gasteiger partial charge in [-0.1, -0.05) is 116 Å². The number of nitrogens with one attached hydrogen (secondary N) is 1. The monoisotopic (exact) mass is 423 g/mol. The first-order chi connectivity index (χ1) is 14.7. The van der Waals surface area contributed by atoms with Crippen LogP contribution >= 0.6 is 0 Å². The molecule has 1 aliphatic rings. The van der Waals surface area contributed by atoms with Crippen LogP contribution in [0.1, 0.15) is 135 Å². The highest BCUT2D eigenvalue weighted by molar-refractivity contribution is 5.84. The summed E-state index contributed by atoms with van der Waals surface area (Å²) in [7, 11) is 0. The predicted octanol–water partition coefficient (Wildman–Crippen LogP) is 7.26. The average molecular weight is 424 g/mol. The molecule has 1 saturated carbocycles. The van der Waals surface area contributed by atoms with Gasteiger partial charge in [0, 0.05) is 6.54 Å². The normalized spacial score (nSPS) is 19.0. The van der Waals surface area contributed by atoms with Gasteiger partial charge in [-0.25, -0.2) is 0 Å². The molecule has 0 aromatic rings. The van der Waals surface area contributed by atoms with Crippen molar-refractivity contribution in [1.29, 1.82) is 0 Å². The first-order valence-electron chi connectivity index (χ1n) is 13.2. The SMILES string of the molecule is CCCCCCCCCCCCCCCCCCNC(=O)[C@H]1CCCC[C@@H]1C(=O)O. The van der Waals surface area contributed by atoms with E-state index in [1.165, 1.54) is 89.9 Å². The summed E-state index contributed by atoms with van der Waals surface area (Å²) in [6.45, 7) is 2.97. The maximum Gasteiger partial charge on any atom is 0.307 e. The number of rotatable bonds is 19. The fourth-order valence-corrected chi connectivity index (χ4v) is 4.76. The average Bonchev–Trinajstić information content (AvgIpc) is 2.75. The van der Waals surface area contributed by atoms with Crippen molar-refractivity contribution >= 4 is 11.9 Å². The van der Waals surface area contributed by atoms with E-state index in [0.717, 1.165) is 32.1 Å². The first kappa shape index (κ1) is 27.0. The third kappa shape index (κ3) is 13.3. The molecule has 1 amide bonds. The second kappa shape index (κ2) is 18.7. The fraction of sp³-hybridized carbons (Fsp3) is 0.923. The van der Waals surface area contributed by atoms with Gasteiger partial charge in [0.15, 0.2) is 0 Å². The molecule has 0 saturated heterocycles. The second-order valence-corrected chi connectivity index (χ2v) is 9.43. The Morgan fingerprint density at radius 3 is 1.50 bits per heavy atom. The molecule has 0 radical (unpaired) electrons. The van der Waals surface area contributed by atoms with Crippen molar-refractivity contribution in [3.05, 3.63) is 0 Å². The van der Waals surface area contributed by atoms with Crippen molar-refractivity contribution in [2.75, 3.05) is 6.54 Å². The van der Waals surface area contributed by atoms with Crippen molar-refractivity contribution < 1.29 is 14.7 Å². The third-order valence-corrected chi connectivity index (χ3v) is 6.75. The molecule has 1 rings (SSSR count). The van der Waals surface area contributed by atoms with E-state index in [1.54, 1.807) is 0 Å². The number of carboxylic acid groups (broad SMARTS) is 1. The zero-order valence-corrected chi connectivity index (χ0v) is 19.8. The van der Waals surface area contributed by atoms with Crippen LogP contribution in [0.3, 0.4) is 0 Å². The van der Waals surface area contributed by atoms with Gasteiger partial charge in [0.05, 0.1) is 11.8 Å². The molecule has 4 heteroatoms. The van der Waals surface area contributed by atoms with Crippen LogP contribution in [-0.2, 0) is 9.59 Å². The molecule has 1 fully saturated rings. The summed E-state index contributed by atoms with van der Waals surface area (Å²) in [6, 6.07) is 0. The van der Waals surface area contributed by atoms with E-state index >= 15 is 0 Å². The van der Waals surface area contributed by atoms with Crippen molar-refractivity contribution in [1.82, 2.24) is 5.32 Å². The summed E-state index contributed by atoms with van der Waals surface area (Å²) in [5.41, 5.74) is 0. The molecule has 0 aromatic heterocycles. The lowest BCUT2D eigenvalue weighted by molar-refractivity contribution is -0.148. The summed E-state index contributed by atoms with van der Waals surface area (Å²) in [4.78, 5) is 23.6. The minimum Gasteiger partial charge on any atom is -0.481 e. The summed E-state index contributed by atoms with van der Waals surface area (Å²) in [6.07, 6.45) is 24.8. The van der Waals surface area contributed by atoms with E-state index in [1.807, 2.05) is 0 Å². The lowest BCUT2D eigenvalue weighted by atomic mass is 9.78. The number of amides is 1. The van der Waals surface area contributed by atoms with Crippen LogP contribution in [-0.4, -0.2) is 23.5 Å². The quantitative estimate of drug-likeness (QED) is 0.215. The minimum absolute atomic E-state index is 0.0388. The van der Waals surface area contributed by atoms with E-state index in [2.05, 4.69) is 12.2 Å². The van der Waals surface area contributed by atoms with Gasteiger partial charge >= 0.3 is 5.97 Å². The Hall–Kier alpha value is -1.06. The minimum atomic E-state index is -0.808. The van der Waals surface area contributed by atoms with Gasteiger partial charge in [0.25, 0.3) is 0 Å². The molecule has 176 valence electrons. The Bertz CT molecular complexity index is 438. The summed E-state index contributed by atoms with van der Waals surface area (Å²) in [5.74, 6) is -1.65. The molecule has 2 atom stereocenters. The fourth-order valence-electron chi connectivity index (χ4n) is 4.76. The predicted molar refractivity (Wildman–Crippen MR) is 126 cm³/mol. The molecule has 0 aliphatic heterocycles.